The minimum atomic E-state index is -3.29. The van der Waals surface area contributed by atoms with E-state index in [1.807, 2.05) is 0 Å². The molecular weight excluding hydrogens is 239 g/mol. The molecule has 0 aromatic carbocycles. The molecule has 0 saturated heterocycles. The first-order valence-electron chi connectivity index (χ1n) is 4.87. The van der Waals surface area contributed by atoms with Crippen LogP contribution in [-0.4, -0.2) is 54.8 Å². The highest BCUT2D eigenvalue weighted by atomic mass is 35.5. The summed E-state index contributed by atoms with van der Waals surface area (Å²) in [5.74, 6) is 0.621. The van der Waals surface area contributed by atoms with E-state index in [9.17, 15) is 0 Å². The van der Waals surface area contributed by atoms with Crippen LogP contribution in [0, 0.1) is 0 Å². The van der Waals surface area contributed by atoms with Crippen molar-refractivity contribution in [3.8, 4) is 0 Å². The predicted octanol–water partition coefficient (Wildman–Crippen LogP) is -0.00970. The summed E-state index contributed by atoms with van der Waals surface area (Å²) in [5.41, 5.74) is 0. The van der Waals surface area contributed by atoms with Gasteiger partial charge in [-0.05, 0) is 19.3 Å². The molecule has 5 nitrogen and oxygen atoms in total. The fourth-order valence-electron chi connectivity index (χ4n) is 0.902. The average molecular weight is 259 g/mol. The van der Waals surface area contributed by atoms with Crippen molar-refractivity contribution in [1.82, 2.24) is 10.6 Å². The Kier molecular flexibility index (Phi) is 9.85. The normalized spacial score (nSPS) is 11.9. The Morgan fingerprint density at radius 2 is 1.73 bits per heavy atom. The van der Waals surface area contributed by atoms with Crippen molar-refractivity contribution in [2.45, 2.75) is 6.42 Å². The fraction of sp³-hybridized carbons (Fsp3) is 0.875. The third-order valence-corrected chi connectivity index (χ3v) is 2.33. The molecule has 0 spiro atoms. The third kappa shape index (κ3) is 14.4. The van der Waals surface area contributed by atoms with Gasteiger partial charge < -0.3 is 24.9 Å². The molecule has 0 radical (unpaired) electrons. The molecule has 0 aliphatic heterocycles. The maximum Gasteiger partial charge on any atom is 0.245 e. The van der Waals surface area contributed by atoms with Crippen LogP contribution in [0.4, 0.5) is 0 Å². The summed E-state index contributed by atoms with van der Waals surface area (Å²) in [5, 5.41) is 6.31. The highest BCUT2D eigenvalue weighted by Gasteiger charge is 2.02. The smallest absolute Gasteiger partial charge is 0.245 e. The molecule has 15 heavy (non-hydrogen) atoms. The van der Waals surface area contributed by atoms with E-state index in [-0.39, 0.29) is 0 Å². The van der Waals surface area contributed by atoms with E-state index in [2.05, 4.69) is 16.9 Å². The lowest BCUT2D eigenvalue weighted by molar-refractivity contribution is 0.246. The van der Waals surface area contributed by atoms with Gasteiger partial charge in [-0.25, -0.2) is 0 Å². The summed E-state index contributed by atoms with van der Waals surface area (Å²) in [4.78, 5) is 17.6. The highest BCUT2D eigenvalue weighted by molar-refractivity contribution is 7.57. The number of halogens is 1. The average Bonchev–Trinajstić information content (AvgIpc) is 2.14. The van der Waals surface area contributed by atoms with Gasteiger partial charge in [0, 0.05) is 25.5 Å². The van der Waals surface area contributed by atoms with Crippen molar-refractivity contribution in [3.05, 3.63) is 0 Å². The van der Waals surface area contributed by atoms with Crippen molar-refractivity contribution in [3.63, 3.8) is 0 Å². The molecule has 0 amide bonds. The zero-order valence-electron chi connectivity index (χ0n) is 8.78. The Morgan fingerprint density at radius 1 is 1.13 bits per heavy atom. The molecule has 0 fully saturated rings. The number of hydrogen-bond donors (Lipinski definition) is 4. The molecule has 0 unspecified atom stereocenters. The van der Waals surface area contributed by atoms with Gasteiger partial charge in [0.15, 0.2) is 0 Å². The Bertz CT molecular complexity index is 189. The monoisotopic (exact) mass is 258 g/mol. The Labute approximate surface area is 96.0 Å². The van der Waals surface area contributed by atoms with E-state index in [1.54, 1.807) is 0 Å². The molecule has 0 rings (SSSR count). The quantitative estimate of drug-likeness (QED) is 0.252. The minimum absolute atomic E-state index is 0.312. The van der Waals surface area contributed by atoms with Crippen molar-refractivity contribution in [2.75, 3.05) is 38.7 Å². The number of alkyl halides is 1. The second-order valence-electron chi connectivity index (χ2n) is 3.04. The number of rotatable bonds is 10. The lowest BCUT2D eigenvalue weighted by atomic mass is 10.4. The lowest BCUT2D eigenvalue weighted by Gasteiger charge is -2.10. The summed E-state index contributed by atoms with van der Waals surface area (Å²) in [6.45, 7) is 3.64. The van der Waals surface area contributed by atoms with E-state index in [4.69, 9.17) is 25.9 Å². The number of nitrogens with one attached hydrogen (secondary N) is 2. The van der Waals surface area contributed by atoms with E-state index >= 15 is 0 Å². The molecule has 4 N–H and O–H groups in total. The second-order valence-corrected chi connectivity index (χ2v) is 5.01. The van der Waals surface area contributed by atoms with Gasteiger partial charge in [-0.1, -0.05) is 0 Å². The topological polar surface area (TPSA) is 73.8 Å². The first-order valence-corrected chi connectivity index (χ1v) is 7.20. The van der Waals surface area contributed by atoms with E-state index < -0.39 is 7.57 Å². The van der Waals surface area contributed by atoms with Gasteiger partial charge in [-0.2, -0.15) is 0 Å². The molecular formula is C8H20ClN2O3P. The van der Waals surface area contributed by atoms with Crippen LogP contribution in [-0.2, 0) is 4.52 Å². The minimum Gasteiger partial charge on any atom is -0.333 e. The maximum absolute atomic E-state index is 8.81. The largest absolute Gasteiger partial charge is 0.333 e. The molecule has 0 aliphatic rings. The van der Waals surface area contributed by atoms with Crippen molar-refractivity contribution >= 4 is 25.5 Å². The fourth-order valence-corrected chi connectivity index (χ4v) is 1.46. The van der Waals surface area contributed by atoms with Crippen molar-refractivity contribution in [1.29, 1.82) is 0 Å². The van der Waals surface area contributed by atoms with Crippen molar-refractivity contribution < 1.29 is 14.3 Å². The summed E-state index contributed by atoms with van der Waals surface area (Å²) in [6.07, 6.45) is 3.83. The molecule has 0 aromatic heterocycles. The van der Waals surface area contributed by atoms with Crippen LogP contribution in [0.1, 0.15) is 6.42 Å². The van der Waals surface area contributed by atoms with Gasteiger partial charge in [0.2, 0.25) is 7.57 Å². The van der Waals surface area contributed by atoms with Crippen LogP contribution < -0.4 is 10.6 Å². The molecule has 92 valence electrons. The first-order chi connectivity index (χ1) is 7.06. The van der Waals surface area contributed by atoms with Crippen molar-refractivity contribution in [2.24, 2.45) is 0 Å². The van der Waals surface area contributed by atoms with E-state index in [0.29, 0.717) is 12.5 Å². The standard InChI is InChI=1S/C8H20ClN2O3P/c1-15(12,13)14-8-2-4-10-6-7-11-5-3-9/h10-13H,1-8H2. The van der Waals surface area contributed by atoms with Gasteiger partial charge in [0.1, 0.15) is 0 Å². The molecule has 0 bridgehead atoms. The third-order valence-electron chi connectivity index (χ3n) is 1.55. The summed E-state index contributed by atoms with van der Waals surface area (Å²) in [7, 11) is -3.29. The zero-order valence-corrected chi connectivity index (χ0v) is 10.4. The molecule has 0 saturated carbocycles. The van der Waals surface area contributed by atoms with E-state index in [0.717, 1.165) is 32.6 Å². The molecule has 0 atom stereocenters. The highest BCUT2D eigenvalue weighted by Crippen LogP contribution is 2.34. The Balaban J connectivity index is 3.02. The van der Waals surface area contributed by atoms with Crippen LogP contribution in [0.2, 0.25) is 0 Å². The Morgan fingerprint density at radius 3 is 2.27 bits per heavy atom. The van der Waals surface area contributed by atoms with Gasteiger partial charge in [0.25, 0.3) is 0 Å². The molecule has 0 aromatic rings. The summed E-state index contributed by atoms with van der Waals surface area (Å²) >= 11 is 5.48. The SMILES string of the molecule is C=P(O)(O)OCCCNCCNCCCl. The lowest BCUT2D eigenvalue weighted by Crippen LogP contribution is -2.29. The van der Waals surface area contributed by atoms with Crippen LogP contribution in [0.5, 0.6) is 0 Å². The number of hydrogen-bond acceptors (Lipinski definition) is 5. The maximum atomic E-state index is 8.81. The second kappa shape index (κ2) is 9.60. The first kappa shape index (κ1) is 15.4. The van der Waals surface area contributed by atoms with Gasteiger partial charge >= 0.3 is 0 Å². The van der Waals surface area contributed by atoms with Crippen LogP contribution in [0.15, 0.2) is 0 Å². The van der Waals surface area contributed by atoms with Gasteiger partial charge in [-0.3, -0.25) is 0 Å². The van der Waals surface area contributed by atoms with Crippen LogP contribution in [0.3, 0.4) is 0 Å². The van der Waals surface area contributed by atoms with E-state index in [1.165, 1.54) is 0 Å². The summed E-state index contributed by atoms with van der Waals surface area (Å²) < 4.78 is 4.71. The van der Waals surface area contributed by atoms with Crippen LogP contribution >= 0.6 is 19.2 Å². The molecule has 0 heterocycles. The predicted molar refractivity (Wildman–Crippen MR) is 65.5 cm³/mol. The van der Waals surface area contributed by atoms with Crippen LogP contribution in [0.25, 0.3) is 0 Å². The zero-order chi connectivity index (χ0) is 11.6. The Hall–Kier alpha value is 0.390. The summed E-state index contributed by atoms with van der Waals surface area (Å²) in [6, 6.07) is 0. The van der Waals surface area contributed by atoms with Gasteiger partial charge in [0.05, 0.1) is 6.61 Å². The molecule has 0 aliphatic carbocycles. The molecule has 7 heteroatoms. The van der Waals surface area contributed by atoms with Gasteiger partial charge in [-0.15, -0.1) is 11.6 Å².